The van der Waals surface area contributed by atoms with Crippen LogP contribution in [0, 0.1) is 20.8 Å². The quantitative estimate of drug-likeness (QED) is 0.560. The summed E-state index contributed by atoms with van der Waals surface area (Å²) in [6, 6.07) is 12.4. The number of benzene rings is 2. The van der Waals surface area contributed by atoms with Crippen LogP contribution in [0.15, 0.2) is 42.5 Å². The lowest BCUT2D eigenvalue weighted by atomic mass is 10.1. The number of rotatable bonds is 5. The number of fused-ring (bicyclic) bond motifs is 1. The summed E-state index contributed by atoms with van der Waals surface area (Å²) in [6.45, 7) is 6.15. The van der Waals surface area contributed by atoms with Gasteiger partial charge in [0.1, 0.15) is 12.4 Å². The summed E-state index contributed by atoms with van der Waals surface area (Å²) >= 11 is 0. The molecule has 0 aliphatic rings. The van der Waals surface area contributed by atoms with Crippen molar-refractivity contribution >= 4 is 16.7 Å². The second kappa shape index (κ2) is 7.10. The van der Waals surface area contributed by atoms with Gasteiger partial charge in [-0.25, -0.2) is 0 Å². The third kappa shape index (κ3) is 3.70. The Labute approximate surface area is 155 Å². The number of aryl methyl sites for hydroxylation is 2. The van der Waals surface area contributed by atoms with Crippen LogP contribution in [0.25, 0.3) is 10.9 Å². The van der Waals surface area contributed by atoms with Gasteiger partial charge in [-0.2, -0.15) is 13.2 Å². The summed E-state index contributed by atoms with van der Waals surface area (Å²) in [5.41, 5.74) is 2.86. The van der Waals surface area contributed by atoms with E-state index in [0.717, 1.165) is 11.1 Å². The zero-order chi connectivity index (χ0) is 19.8. The second-order valence-electron chi connectivity index (χ2n) is 6.55. The molecule has 0 amide bonds. The van der Waals surface area contributed by atoms with Crippen LogP contribution in [-0.4, -0.2) is 23.1 Å². The van der Waals surface area contributed by atoms with E-state index in [9.17, 15) is 18.0 Å². The molecule has 0 spiro atoms. The number of alkyl halides is 3. The Morgan fingerprint density at radius 1 is 1.04 bits per heavy atom. The normalized spacial score (nSPS) is 11.8. The lowest BCUT2D eigenvalue weighted by Gasteiger charge is -2.12. The van der Waals surface area contributed by atoms with E-state index in [0.29, 0.717) is 28.9 Å². The number of carbonyl (C=O) groups is 1. The van der Waals surface area contributed by atoms with Gasteiger partial charge in [-0.05, 0) is 50.1 Å². The molecular weight excluding hydrogens is 355 g/mol. The molecule has 3 rings (SSSR count). The van der Waals surface area contributed by atoms with Crippen molar-refractivity contribution in [3.05, 3.63) is 64.8 Å². The first-order chi connectivity index (χ1) is 12.7. The summed E-state index contributed by atoms with van der Waals surface area (Å²) in [5.74, 6) is -1.11. The Hall–Kier alpha value is -2.76. The van der Waals surface area contributed by atoms with Crippen molar-refractivity contribution < 1.29 is 22.7 Å². The number of hydrogen-bond donors (Lipinski definition) is 0. The van der Waals surface area contributed by atoms with Crippen LogP contribution in [0.1, 0.15) is 27.2 Å². The summed E-state index contributed by atoms with van der Waals surface area (Å²) in [5, 5.41) is 0.309. The number of ether oxygens (including phenoxy) is 1. The van der Waals surface area contributed by atoms with Gasteiger partial charge in [0.15, 0.2) is 0 Å². The molecule has 0 bridgehead atoms. The largest absolute Gasteiger partial charge is 0.492 e. The SMILES string of the molecule is Cc1ccc(OCCn2c(C)c(C(=O)C(F)(F)F)c3ccccc32)cc1C. The summed E-state index contributed by atoms with van der Waals surface area (Å²) in [4.78, 5) is 11.9. The standard InChI is InChI=1S/C21H20F3NO2/c1-13-8-9-16(12-14(13)2)27-11-10-25-15(3)19(20(26)21(22,23)24)17-6-4-5-7-18(17)25/h4-9,12H,10-11H2,1-3H3. The van der Waals surface area contributed by atoms with E-state index >= 15 is 0 Å². The van der Waals surface area contributed by atoms with Crippen LogP contribution in [0.5, 0.6) is 5.75 Å². The van der Waals surface area contributed by atoms with Crippen molar-refractivity contribution in [3.63, 3.8) is 0 Å². The predicted molar refractivity (Wildman–Crippen MR) is 98.5 cm³/mol. The fourth-order valence-corrected chi connectivity index (χ4v) is 3.21. The molecule has 27 heavy (non-hydrogen) atoms. The van der Waals surface area contributed by atoms with Crippen LogP contribution in [-0.2, 0) is 6.54 Å². The molecule has 0 unspecified atom stereocenters. The molecule has 6 heteroatoms. The van der Waals surface area contributed by atoms with Crippen molar-refractivity contribution in [2.75, 3.05) is 6.61 Å². The third-order valence-corrected chi connectivity index (χ3v) is 4.78. The van der Waals surface area contributed by atoms with E-state index in [1.165, 1.54) is 6.92 Å². The van der Waals surface area contributed by atoms with Crippen LogP contribution in [0.2, 0.25) is 0 Å². The number of ketones is 1. The molecule has 0 saturated heterocycles. The lowest BCUT2D eigenvalue weighted by Crippen LogP contribution is -2.23. The number of Topliss-reactive ketones (excluding diaryl/α,β-unsaturated/α-hetero) is 1. The fraction of sp³-hybridized carbons (Fsp3) is 0.286. The van der Waals surface area contributed by atoms with Crippen molar-refractivity contribution in [3.8, 4) is 5.75 Å². The highest BCUT2D eigenvalue weighted by molar-refractivity contribution is 6.12. The number of nitrogens with zero attached hydrogens (tertiary/aromatic N) is 1. The zero-order valence-corrected chi connectivity index (χ0v) is 15.4. The van der Waals surface area contributed by atoms with Gasteiger partial charge in [-0.1, -0.05) is 24.3 Å². The molecule has 3 nitrogen and oxygen atoms in total. The monoisotopic (exact) mass is 375 g/mol. The number of hydrogen-bond acceptors (Lipinski definition) is 2. The number of para-hydroxylation sites is 1. The van der Waals surface area contributed by atoms with Crippen molar-refractivity contribution in [2.24, 2.45) is 0 Å². The molecule has 0 N–H and O–H groups in total. The van der Waals surface area contributed by atoms with Gasteiger partial charge in [0.25, 0.3) is 5.78 Å². The summed E-state index contributed by atoms with van der Waals surface area (Å²) < 4.78 is 46.5. The van der Waals surface area contributed by atoms with Gasteiger partial charge in [0.05, 0.1) is 12.1 Å². The maximum Gasteiger partial charge on any atom is 0.454 e. The van der Waals surface area contributed by atoms with E-state index in [-0.39, 0.29) is 12.2 Å². The van der Waals surface area contributed by atoms with Crippen molar-refractivity contribution in [1.82, 2.24) is 4.57 Å². The van der Waals surface area contributed by atoms with Crippen LogP contribution < -0.4 is 4.74 Å². The highest BCUT2D eigenvalue weighted by atomic mass is 19.4. The summed E-state index contributed by atoms with van der Waals surface area (Å²) in [7, 11) is 0. The van der Waals surface area contributed by atoms with Crippen LogP contribution in [0.4, 0.5) is 13.2 Å². The molecule has 2 aromatic carbocycles. The van der Waals surface area contributed by atoms with Gasteiger partial charge in [0.2, 0.25) is 0 Å². The average Bonchev–Trinajstić information content (AvgIpc) is 2.88. The number of aromatic nitrogens is 1. The first-order valence-corrected chi connectivity index (χ1v) is 8.59. The molecule has 0 aliphatic heterocycles. The van der Waals surface area contributed by atoms with Crippen molar-refractivity contribution in [1.29, 1.82) is 0 Å². The van der Waals surface area contributed by atoms with E-state index in [2.05, 4.69) is 0 Å². The van der Waals surface area contributed by atoms with E-state index < -0.39 is 12.0 Å². The van der Waals surface area contributed by atoms with E-state index in [1.54, 1.807) is 28.8 Å². The maximum atomic E-state index is 13.0. The first-order valence-electron chi connectivity index (χ1n) is 8.59. The zero-order valence-electron chi connectivity index (χ0n) is 15.4. The van der Waals surface area contributed by atoms with E-state index in [1.807, 2.05) is 32.0 Å². The number of halogens is 3. The Bertz CT molecular complexity index is 1000. The molecular formula is C21H20F3NO2. The van der Waals surface area contributed by atoms with Crippen molar-refractivity contribution in [2.45, 2.75) is 33.5 Å². The van der Waals surface area contributed by atoms with Gasteiger partial charge >= 0.3 is 6.18 Å². The van der Waals surface area contributed by atoms with Gasteiger partial charge in [0, 0.05) is 16.6 Å². The average molecular weight is 375 g/mol. The Morgan fingerprint density at radius 3 is 2.41 bits per heavy atom. The Kier molecular flexibility index (Phi) is 5.00. The fourth-order valence-electron chi connectivity index (χ4n) is 3.21. The highest BCUT2D eigenvalue weighted by Crippen LogP contribution is 2.31. The second-order valence-corrected chi connectivity index (χ2v) is 6.55. The highest BCUT2D eigenvalue weighted by Gasteiger charge is 2.42. The van der Waals surface area contributed by atoms with Crippen LogP contribution in [0.3, 0.4) is 0 Å². The minimum Gasteiger partial charge on any atom is -0.492 e. The smallest absolute Gasteiger partial charge is 0.454 e. The third-order valence-electron chi connectivity index (χ3n) is 4.78. The van der Waals surface area contributed by atoms with E-state index in [4.69, 9.17) is 4.74 Å². The molecule has 0 radical (unpaired) electrons. The minimum absolute atomic E-state index is 0.279. The number of carbonyl (C=O) groups excluding carboxylic acids is 1. The molecule has 3 aromatic rings. The molecule has 0 fully saturated rings. The first kappa shape index (κ1) is 19.0. The van der Waals surface area contributed by atoms with Gasteiger partial charge < -0.3 is 9.30 Å². The predicted octanol–water partition coefficient (Wildman–Crippen LogP) is 5.39. The molecule has 0 atom stereocenters. The molecule has 142 valence electrons. The molecule has 1 heterocycles. The molecule has 0 aliphatic carbocycles. The summed E-state index contributed by atoms with van der Waals surface area (Å²) in [6.07, 6.45) is -4.91. The topological polar surface area (TPSA) is 31.2 Å². The Balaban J connectivity index is 1.89. The van der Waals surface area contributed by atoms with Gasteiger partial charge in [-0.15, -0.1) is 0 Å². The minimum atomic E-state index is -4.91. The van der Waals surface area contributed by atoms with Crippen LogP contribution >= 0.6 is 0 Å². The lowest BCUT2D eigenvalue weighted by molar-refractivity contribution is -0.0884. The Morgan fingerprint density at radius 2 is 1.74 bits per heavy atom. The maximum absolute atomic E-state index is 13.0. The van der Waals surface area contributed by atoms with Gasteiger partial charge in [-0.3, -0.25) is 4.79 Å². The molecule has 1 aromatic heterocycles. The molecule has 0 saturated carbocycles.